The van der Waals surface area contributed by atoms with Crippen molar-refractivity contribution in [1.82, 2.24) is 5.32 Å². The van der Waals surface area contributed by atoms with Crippen molar-refractivity contribution in [3.8, 4) is 0 Å². The Morgan fingerprint density at radius 3 is 2.65 bits per heavy atom. The number of nitrogens with two attached hydrogens (primary N) is 1. The minimum Gasteiger partial charge on any atom is -0.355 e. The van der Waals surface area contributed by atoms with E-state index in [-0.39, 0.29) is 30.0 Å². The molecule has 0 aromatic heterocycles. The van der Waals surface area contributed by atoms with Crippen molar-refractivity contribution in [2.75, 3.05) is 12.3 Å². The summed E-state index contributed by atoms with van der Waals surface area (Å²) in [6, 6.07) is 5.30. The van der Waals surface area contributed by atoms with Gasteiger partial charge in [-0.15, -0.1) is 0 Å². The minimum absolute atomic E-state index is 0.0300. The Morgan fingerprint density at radius 2 is 2.05 bits per heavy atom. The molecule has 1 aliphatic carbocycles. The standard InChI is InChI=1S/C12H14Cl2N2O3S/c13-10-2-1-7(5-11(10)14)8-6-9(8)12(17)16-3-4-20(15,18)19/h1-2,5,8-9H,3-4,6H2,(H,16,17)(H2,15,18,19)/t8-,9-/m0/s1. The highest BCUT2D eigenvalue weighted by molar-refractivity contribution is 7.89. The number of rotatable bonds is 5. The highest BCUT2D eigenvalue weighted by Gasteiger charge is 2.43. The molecule has 0 heterocycles. The van der Waals surface area contributed by atoms with Crippen LogP contribution in [0.1, 0.15) is 17.9 Å². The zero-order valence-electron chi connectivity index (χ0n) is 10.5. The molecule has 1 aliphatic rings. The number of carbonyl (C=O) groups is 1. The lowest BCUT2D eigenvalue weighted by atomic mass is 10.1. The summed E-state index contributed by atoms with van der Waals surface area (Å²) in [6.45, 7) is 0.0300. The van der Waals surface area contributed by atoms with E-state index < -0.39 is 10.0 Å². The van der Waals surface area contributed by atoms with Gasteiger partial charge in [0.05, 0.1) is 15.8 Å². The molecular formula is C12H14Cl2N2O3S. The summed E-state index contributed by atoms with van der Waals surface area (Å²) in [6.07, 6.45) is 0.721. The van der Waals surface area contributed by atoms with Crippen LogP contribution in [-0.4, -0.2) is 26.6 Å². The summed E-state index contributed by atoms with van der Waals surface area (Å²) < 4.78 is 21.5. The van der Waals surface area contributed by atoms with E-state index >= 15 is 0 Å². The van der Waals surface area contributed by atoms with Crippen LogP contribution in [0.5, 0.6) is 0 Å². The van der Waals surface area contributed by atoms with Crippen LogP contribution in [0.15, 0.2) is 18.2 Å². The highest BCUT2D eigenvalue weighted by Crippen LogP contribution is 2.48. The Labute approximate surface area is 127 Å². The molecule has 3 N–H and O–H groups in total. The molecule has 0 spiro atoms. The second kappa shape index (κ2) is 5.89. The third-order valence-corrected chi connectivity index (χ3v) is 4.70. The number of hydrogen-bond acceptors (Lipinski definition) is 3. The summed E-state index contributed by atoms with van der Waals surface area (Å²) in [5.41, 5.74) is 0.964. The van der Waals surface area contributed by atoms with E-state index in [0.29, 0.717) is 10.0 Å². The molecule has 0 aliphatic heterocycles. The smallest absolute Gasteiger partial charge is 0.223 e. The van der Waals surface area contributed by atoms with Crippen molar-refractivity contribution in [2.45, 2.75) is 12.3 Å². The number of amides is 1. The lowest BCUT2D eigenvalue weighted by molar-refractivity contribution is -0.122. The van der Waals surface area contributed by atoms with E-state index in [0.717, 1.165) is 12.0 Å². The summed E-state index contributed by atoms with van der Waals surface area (Å²) in [7, 11) is -3.55. The maximum absolute atomic E-state index is 11.8. The predicted molar refractivity (Wildman–Crippen MR) is 78.3 cm³/mol. The van der Waals surface area contributed by atoms with E-state index in [1.807, 2.05) is 6.07 Å². The third kappa shape index (κ3) is 4.09. The number of primary sulfonamides is 1. The van der Waals surface area contributed by atoms with Crippen LogP contribution >= 0.6 is 23.2 Å². The Kier molecular flexibility index (Phi) is 4.59. The van der Waals surface area contributed by atoms with Crippen LogP contribution in [0.4, 0.5) is 0 Å². The molecule has 0 saturated heterocycles. The molecule has 2 atom stereocenters. The Balaban J connectivity index is 1.88. The number of halogens is 2. The molecular weight excluding hydrogens is 323 g/mol. The Morgan fingerprint density at radius 1 is 1.35 bits per heavy atom. The van der Waals surface area contributed by atoms with Gasteiger partial charge in [-0.05, 0) is 30.0 Å². The van der Waals surface area contributed by atoms with Gasteiger partial charge in [0, 0.05) is 12.5 Å². The van der Waals surface area contributed by atoms with Gasteiger partial charge in [-0.3, -0.25) is 4.79 Å². The van der Waals surface area contributed by atoms with Crippen molar-refractivity contribution in [1.29, 1.82) is 0 Å². The quantitative estimate of drug-likeness (QED) is 0.853. The molecule has 1 amide bonds. The first-order chi connectivity index (χ1) is 9.28. The average molecular weight is 337 g/mol. The van der Waals surface area contributed by atoms with E-state index in [4.69, 9.17) is 28.3 Å². The van der Waals surface area contributed by atoms with Gasteiger partial charge in [0.1, 0.15) is 0 Å². The molecule has 1 aromatic rings. The van der Waals surface area contributed by atoms with E-state index in [1.54, 1.807) is 12.1 Å². The molecule has 8 heteroatoms. The molecule has 0 unspecified atom stereocenters. The van der Waals surface area contributed by atoms with Gasteiger partial charge >= 0.3 is 0 Å². The molecule has 2 rings (SSSR count). The summed E-state index contributed by atoms with van der Waals surface area (Å²) in [4.78, 5) is 11.8. The normalized spacial score (nSPS) is 21.6. The van der Waals surface area contributed by atoms with Gasteiger partial charge in [0.2, 0.25) is 15.9 Å². The van der Waals surface area contributed by atoms with Crippen LogP contribution in [-0.2, 0) is 14.8 Å². The lowest BCUT2D eigenvalue weighted by Crippen LogP contribution is -2.32. The molecule has 1 aromatic carbocycles. The summed E-state index contributed by atoms with van der Waals surface area (Å²) in [5, 5.41) is 8.37. The zero-order valence-corrected chi connectivity index (χ0v) is 12.8. The number of benzene rings is 1. The first-order valence-electron chi connectivity index (χ1n) is 6.01. The second-order valence-electron chi connectivity index (χ2n) is 4.78. The molecule has 1 saturated carbocycles. The van der Waals surface area contributed by atoms with Gasteiger partial charge in [0.15, 0.2) is 0 Å². The van der Waals surface area contributed by atoms with Crippen molar-refractivity contribution in [3.05, 3.63) is 33.8 Å². The number of hydrogen-bond donors (Lipinski definition) is 2. The number of carbonyl (C=O) groups excluding carboxylic acids is 1. The van der Waals surface area contributed by atoms with Gasteiger partial charge in [0.25, 0.3) is 0 Å². The van der Waals surface area contributed by atoms with Crippen molar-refractivity contribution in [3.63, 3.8) is 0 Å². The molecule has 5 nitrogen and oxygen atoms in total. The Bertz CT molecular complexity index is 634. The van der Waals surface area contributed by atoms with Crippen LogP contribution in [0.2, 0.25) is 10.0 Å². The van der Waals surface area contributed by atoms with Crippen LogP contribution in [0.3, 0.4) is 0 Å². The van der Waals surface area contributed by atoms with Crippen LogP contribution in [0, 0.1) is 5.92 Å². The first kappa shape index (κ1) is 15.6. The summed E-state index contributed by atoms with van der Waals surface area (Å²) >= 11 is 11.8. The molecule has 110 valence electrons. The SMILES string of the molecule is NS(=O)(=O)CCNC(=O)[C@H]1C[C@H]1c1ccc(Cl)c(Cl)c1. The second-order valence-corrected chi connectivity index (χ2v) is 7.33. The van der Waals surface area contributed by atoms with Gasteiger partial charge < -0.3 is 5.32 Å². The van der Waals surface area contributed by atoms with Crippen molar-refractivity contribution < 1.29 is 13.2 Å². The largest absolute Gasteiger partial charge is 0.355 e. The minimum atomic E-state index is -3.55. The van der Waals surface area contributed by atoms with Crippen molar-refractivity contribution >= 4 is 39.1 Å². The maximum Gasteiger partial charge on any atom is 0.223 e. The van der Waals surface area contributed by atoms with Gasteiger partial charge in [-0.2, -0.15) is 0 Å². The summed E-state index contributed by atoms with van der Waals surface area (Å²) in [5.74, 6) is -0.459. The number of sulfonamides is 1. The molecule has 20 heavy (non-hydrogen) atoms. The number of nitrogens with one attached hydrogen (secondary N) is 1. The first-order valence-corrected chi connectivity index (χ1v) is 8.48. The monoisotopic (exact) mass is 336 g/mol. The predicted octanol–water partition coefficient (Wildman–Crippen LogP) is 1.50. The topological polar surface area (TPSA) is 89.3 Å². The molecule has 1 fully saturated rings. The van der Waals surface area contributed by atoms with Crippen molar-refractivity contribution in [2.24, 2.45) is 11.1 Å². The van der Waals surface area contributed by atoms with E-state index in [9.17, 15) is 13.2 Å². The van der Waals surface area contributed by atoms with Crippen LogP contribution < -0.4 is 10.5 Å². The molecule has 0 bridgehead atoms. The van der Waals surface area contributed by atoms with Crippen LogP contribution in [0.25, 0.3) is 0 Å². The van der Waals surface area contributed by atoms with Gasteiger partial charge in [-0.25, -0.2) is 13.6 Å². The fourth-order valence-electron chi connectivity index (χ4n) is 2.04. The zero-order chi connectivity index (χ0) is 14.9. The lowest BCUT2D eigenvalue weighted by Gasteiger charge is -2.05. The van der Waals surface area contributed by atoms with E-state index in [1.165, 1.54) is 0 Å². The Hall–Kier alpha value is -0.820. The average Bonchev–Trinajstić information content (AvgIpc) is 3.11. The fraction of sp³-hybridized carbons (Fsp3) is 0.417. The maximum atomic E-state index is 11.8. The fourth-order valence-corrected chi connectivity index (χ4v) is 2.74. The molecule has 0 radical (unpaired) electrons. The highest BCUT2D eigenvalue weighted by atomic mass is 35.5. The third-order valence-electron chi connectivity index (χ3n) is 3.18. The van der Waals surface area contributed by atoms with Gasteiger partial charge in [-0.1, -0.05) is 29.3 Å². The van der Waals surface area contributed by atoms with E-state index in [2.05, 4.69) is 5.32 Å².